The van der Waals surface area contributed by atoms with Crippen molar-refractivity contribution in [3.8, 4) is 5.75 Å². The largest absolute Gasteiger partial charge is 0.505 e. The van der Waals surface area contributed by atoms with E-state index in [1.54, 1.807) is 0 Å². The van der Waals surface area contributed by atoms with Crippen LogP contribution in [0.3, 0.4) is 0 Å². The lowest BCUT2D eigenvalue weighted by Crippen LogP contribution is -2.11. The summed E-state index contributed by atoms with van der Waals surface area (Å²) in [5.74, 6) is -0.755. The third kappa shape index (κ3) is 3.42. The Balaban J connectivity index is 2.20. The molecule has 0 atom stereocenters. The van der Waals surface area contributed by atoms with E-state index >= 15 is 0 Å². The number of nitrogens with one attached hydrogen (secondary N) is 1. The number of hydrogen-bond donors (Lipinski definition) is 2. The van der Waals surface area contributed by atoms with Gasteiger partial charge in [-0.2, -0.15) is 0 Å². The van der Waals surface area contributed by atoms with Gasteiger partial charge in [0.25, 0.3) is 11.6 Å². The Kier molecular flexibility index (Phi) is 4.30. The first-order chi connectivity index (χ1) is 9.88. The SMILES string of the molecule is O=C(Nc1cc(Cl)c(O)c(Cl)c1)c1ccc([N+](=O)[O-])cc1. The number of carbonyl (C=O) groups is 1. The van der Waals surface area contributed by atoms with Crippen molar-refractivity contribution in [3.63, 3.8) is 0 Å². The highest BCUT2D eigenvalue weighted by Gasteiger charge is 2.12. The molecule has 108 valence electrons. The van der Waals surface area contributed by atoms with Crippen LogP contribution in [0.25, 0.3) is 0 Å². The molecule has 6 nitrogen and oxygen atoms in total. The van der Waals surface area contributed by atoms with Crippen LogP contribution in [0.15, 0.2) is 36.4 Å². The van der Waals surface area contributed by atoms with Gasteiger partial charge in [-0.25, -0.2) is 0 Å². The molecule has 8 heteroatoms. The molecule has 0 saturated carbocycles. The van der Waals surface area contributed by atoms with Gasteiger partial charge in [-0.1, -0.05) is 23.2 Å². The quantitative estimate of drug-likeness (QED) is 0.508. The number of hydrogen-bond acceptors (Lipinski definition) is 4. The molecule has 2 rings (SSSR count). The molecule has 0 heterocycles. The van der Waals surface area contributed by atoms with Crippen molar-refractivity contribution >= 4 is 40.5 Å². The zero-order valence-corrected chi connectivity index (χ0v) is 11.9. The van der Waals surface area contributed by atoms with Gasteiger partial charge in [0.05, 0.1) is 15.0 Å². The molecule has 2 aromatic carbocycles. The van der Waals surface area contributed by atoms with Gasteiger partial charge in [0.15, 0.2) is 5.75 Å². The van der Waals surface area contributed by atoms with Crippen LogP contribution < -0.4 is 5.32 Å². The molecule has 0 aliphatic rings. The van der Waals surface area contributed by atoms with Gasteiger partial charge in [-0.3, -0.25) is 14.9 Å². The summed E-state index contributed by atoms with van der Waals surface area (Å²) in [7, 11) is 0. The van der Waals surface area contributed by atoms with Crippen molar-refractivity contribution in [2.75, 3.05) is 5.32 Å². The number of rotatable bonds is 3. The summed E-state index contributed by atoms with van der Waals surface area (Å²) in [6.45, 7) is 0. The number of nitrogens with zero attached hydrogens (tertiary/aromatic N) is 1. The van der Waals surface area contributed by atoms with E-state index in [0.29, 0.717) is 5.69 Å². The van der Waals surface area contributed by atoms with Crippen molar-refractivity contribution in [1.82, 2.24) is 0 Å². The van der Waals surface area contributed by atoms with Gasteiger partial charge < -0.3 is 10.4 Å². The molecule has 0 aromatic heterocycles. The minimum Gasteiger partial charge on any atom is -0.505 e. The van der Waals surface area contributed by atoms with Crippen molar-refractivity contribution < 1.29 is 14.8 Å². The van der Waals surface area contributed by atoms with Crippen LogP contribution in [-0.2, 0) is 0 Å². The van der Waals surface area contributed by atoms with Gasteiger partial charge in [0.2, 0.25) is 0 Å². The van der Waals surface area contributed by atoms with Crippen LogP contribution in [0.4, 0.5) is 11.4 Å². The molecule has 0 unspecified atom stereocenters. The number of phenolic OH excluding ortho intramolecular Hbond substituents is 1. The Bertz CT molecular complexity index is 694. The first-order valence-electron chi connectivity index (χ1n) is 5.62. The van der Waals surface area contributed by atoms with Crippen LogP contribution in [0, 0.1) is 10.1 Å². The zero-order chi connectivity index (χ0) is 15.6. The number of nitro groups is 1. The normalized spacial score (nSPS) is 10.2. The van der Waals surface area contributed by atoms with Crippen LogP contribution in [0.1, 0.15) is 10.4 Å². The number of halogens is 2. The van der Waals surface area contributed by atoms with E-state index in [1.807, 2.05) is 0 Å². The summed E-state index contributed by atoms with van der Waals surface area (Å²) in [6.07, 6.45) is 0. The van der Waals surface area contributed by atoms with E-state index in [4.69, 9.17) is 23.2 Å². The third-order valence-electron chi connectivity index (χ3n) is 2.62. The molecule has 2 aromatic rings. The monoisotopic (exact) mass is 326 g/mol. The fraction of sp³-hybridized carbons (Fsp3) is 0. The van der Waals surface area contributed by atoms with E-state index in [1.165, 1.54) is 36.4 Å². The minimum absolute atomic E-state index is 0.00139. The zero-order valence-electron chi connectivity index (χ0n) is 10.3. The highest BCUT2D eigenvalue weighted by atomic mass is 35.5. The van der Waals surface area contributed by atoms with Crippen LogP contribution >= 0.6 is 23.2 Å². The predicted molar refractivity (Wildman–Crippen MR) is 79.2 cm³/mol. The molecule has 0 aliphatic carbocycles. The smallest absolute Gasteiger partial charge is 0.269 e. The second kappa shape index (κ2) is 5.99. The fourth-order valence-corrected chi connectivity index (χ4v) is 2.06. The van der Waals surface area contributed by atoms with Crippen molar-refractivity contribution in [2.45, 2.75) is 0 Å². The lowest BCUT2D eigenvalue weighted by Gasteiger charge is -2.07. The average molecular weight is 327 g/mol. The molecule has 21 heavy (non-hydrogen) atoms. The first-order valence-corrected chi connectivity index (χ1v) is 6.38. The van der Waals surface area contributed by atoms with Crippen molar-refractivity contribution in [1.29, 1.82) is 0 Å². The number of aromatic hydroxyl groups is 1. The van der Waals surface area contributed by atoms with Gasteiger partial charge in [-0.15, -0.1) is 0 Å². The standard InChI is InChI=1S/C13H8Cl2N2O4/c14-10-5-8(6-11(15)12(10)18)16-13(19)7-1-3-9(4-2-7)17(20)21/h1-6,18H,(H,16,19). The predicted octanol–water partition coefficient (Wildman–Crippen LogP) is 3.86. The number of anilines is 1. The van der Waals surface area contributed by atoms with Crippen LogP contribution in [-0.4, -0.2) is 15.9 Å². The highest BCUT2D eigenvalue weighted by Crippen LogP contribution is 2.34. The molecule has 0 saturated heterocycles. The Morgan fingerprint density at radius 1 is 1.14 bits per heavy atom. The number of benzene rings is 2. The average Bonchev–Trinajstić information content (AvgIpc) is 2.44. The lowest BCUT2D eigenvalue weighted by atomic mass is 10.2. The van der Waals surface area contributed by atoms with Crippen molar-refractivity contribution in [3.05, 3.63) is 62.1 Å². The second-order valence-electron chi connectivity index (χ2n) is 4.05. The summed E-state index contributed by atoms with van der Waals surface area (Å²) < 4.78 is 0. The number of nitro benzene ring substituents is 1. The molecular formula is C13H8Cl2N2O4. The van der Waals surface area contributed by atoms with Crippen LogP contribution in [0.5, 0.6) is 5.75 Å². The molecule has 0 radical (unpaired) electrons. The van der Waals surface area contributed by atoms with E-state index < -0.39 is 10.8 Å². The summed E-state index contributed by atoms with van der Waals surface area (Å²) >= 11 is 11.5. The van der Waals surface area contributed by atoms with Crippen LogP contribution in [0.2, 0.25) is 10.0 Å². The maximum absolute atomic E-state index is 12.0. The summed E-state index contributed by atoms with van der Waals surface area (Å²) in [5, 5.41) is 22.5. The first kappa shape index (κ1) is 15.1. The third-order valence-corrected chi connectivity index (χ3v) is 3.19. The molecule has 0 fully saturated rings. The summed E-state index contributed by atoms with van der Waals surface area (Å²) in [6, 6.07) is 7.80. The summed E-state index contributed by atoms with van der Waals surface area (Å²) in [5.41, 5.74) is 0.425. The molecule has 0 bridgehead atoms. The molecular weight excluding hydrogens is 319 g/mol. The van der Waals surface area contributed by atoms with E-state index in [-0.39, 0.29) is 27.0 Å². The minimum atomic E-state index is -0.554. The number of carbonyl (C=O) groups excluding carboxylic acids is 1. The maximum Gasteiger partial charge on any atom is 0.269 e. The van der Waals surface area contributed by atoms with Gasteiger partial charge in [-0.05, 0) is 24.3 Å². The summed E-state index contributed by atoms with van der Waals surface area (Å²) in [4.78, 5) is 22.0. The number of non-ortho nitro benzene ring substituents is 1. The molecule has 2 N–H and O–H groups in total. The second-order valence-corrected chi connectivity index (χ2v) is 4.86. The molecule has 0 spiro atoms. The lowest BCUT2D eigenvalue weighted by molar-refractivity contribution is -0.384. The Hall–Kier alpha value is -2.31. The molecule has 1 amide bonds. The topological polar surface area (TPSA) is 92.5 Å². The van der Waals surface area contributed by atoms with Gasteiger partial charge in [0.1, 0.15) is 0 Å². The number of phenols is 1. The van der Waals surface area contributed by atoms with E-state index in [2.05, 4.69) is 5.32 Å². The number of amides is 1. The molecule has 0 aliphatic heterocycles. The Morgan fingerprint density at radius 2 is 1.67 bits per heavy atom. The maximum atomic E-state index is 12.0. The Morgan fingerprint density at radius 3 is 2.14 bits per heavy atom. The van der Waals surface area contributed by atoms with Gasteiger partial charge in [0, 0.05) is 23.4 Å². The van der Waals surface area contributed by atoms with E-state index in [9.17, 15) is 20.0 Å². The van der Waals surface area contributed by atoms with Crippen molar-refractivity contribution in [2.24, 2.45) is 0 Å². The Labute approximate surface area is 129 Å². The fourth-order valence-electron chi connectivity index (χ4n) is 1.58. The van der Waals surface area contributed by atoms with Gasteiger partial charge >= 0.3 is 0 Å². The highest BCUT2D eigenvalue weighted by molar-refractivity contribution is 6.37. The van der Waals surface area contributed by atoms with E-state index in [0.717, 1.165) is 0 Å².